The maximum absolute atomic E-state index is 5.06. The Morgan fingerprint density at radius 2 is 2.14 bits per heavy atom. The molecule has 3 aromatic rings. The van der Waals surface area contributed by atoms with Crippen LogP contribution >= 0.6 is 0 Å². The molecule has 0 radical (unpaired) electrons. The van der Waals surface area contributed by atoms with E-state index in [0.717, 1.165) is 29.9 Å². The standard InChI is InChI=1S/C14H16N6O/c1-3-6-15-13-11-14(18-8-17-11)20-12(19-13)9-4-5-10(21-2)16-7-9/h4-5,7-8H,3,6H2,1-2H3,(H2,15,17,18,19,20). The summed E-state index contributed by atoms with van der Waals surface area (Å²) < 4.78 is 5.06. The number of methoxy groups -OCH3 is 1. The van der Waals surface area contributed by atoms with Gasteiger partial charge >= 0.3 is 0 Å². The van der Waals surface area contributed by atoms with Gasteiger partial charge in [-0.2, -0.15) is 0 Å². The molecule has 3 heterocycles. The predicted octanol–water partition coefficient (Wildman–Crippen LogP) is 2.25. The topological polar surface area (TPSA) is 88.6 Å². The second-order valence-corrected chi connectivity index (χ2v) is 4.51. The van der Waals surface area contributed by atoms with Crippen LogP contribution in [0.5, 0.6) is 5.88 Å². The summed E-state index contributed by atoms with van der Waals surface area (Å²) in [4.78, 5) is 20.5. The fourth-order valence-corrected chi connectivity index (χ4v) is 1.97. The summed E-state index contributed by atoms with van der Waals surface area (Å²) in [7, 11) is 1.58. The van der Waals surface area contributed by atoms with Crippen LogP contribution in [0.4, 0.5) is 5.82 Å². The summed E-state index contributed by atoms with van der Waals surface area (Å²) in [5.41, 5.74) is 2.27. The fourth-order valence-electron chi connectivity index (χ4n) is 1.97. The monoisotopic (exact) mass is 284 g/mol. The van der Waals surface area contributed by atoms with Gasteiger partial charge in [-0.1, -0.05) is 6.92 Å². The number of anilines is 1. The minimum absolute atomic E-state index is 0.559. The zero-order chi connectivity index (χ0) is 14.7. The van der Waals surface area contributed by atoms with Gasteiger partial charge in [0.1, 0.15) is 5.52 Å². The van der Waals surface area contributed by atoms with E-state index in [2.05, 4.69) is 37.2 Å². The van der Waals surface area contributed by atoms with Gasteiger partial charge in [0.15, 0.2) is 17.3 Å². The lowest BCUT2D eigenvalue weighted by molar-refractivity contribution is 0.398. The molecule has 21 heavy (non-hydrogen) atoms. The number of pyridine rings is 1. The Morgan fingerprint density at radius 1 is 1.24 bits per heavy atom. The molecular weight excluding hydrogens is 268 g/mol. The molecule has 0 spiro atoms. The average molecular weight is 284 g/mol. The largest absolute Gasteiger partial charge is 0.481 e. The summed E-state index contributed by atoms with van der Waals surface area (Å²) in [6.45, 7) is 2.94. The molecule has 3 rings (SSSR count). The van der Waals surface area contributed by atoms with E-state index in [0.29, 0.717) is 17.4 Å². The van der Waals surface area contributed by atoms with Crippen LogP contribution in [0.2, 0.25) is 0 Å². The first kappa shape index (κ1) is 13.3. The van der Waals surface area contributed by atoms with E-state index in [-0.39, 0.29) is 0 Å². The molecule has 0 aliphatic heterocycles. The fraction of sp³-hybridized carbons (Fsp3) is 0.286. The second kappa shape index (κ2) is 5.74. The highest BCUT2D eigenvalue weighted by atomic mass is 16.5. The Labute approximate surface area is 121 Å². The molecule has 108 valence electrons. The Morgan fingerprint density at radius 3 is 2.86 bits per heavy atom. The number of ether oxygens (including phenoxy) is 1. The van der Waals surface area contributed by atoms with Crippen LogP contribution in [0.1, 0.15) is 13.3 Å². The zero-order valence-corrected chi connectivity index (χ0v) is 11.9. The number of H-pyrrole nitrogens is 1. The number of fused-ring (bicyclic) bond motifs is 1. The Kier molecular flexibility index (Phi) is 3.63. The van der Waals surface area contributed by atoms with Gasteiger partial charge < -0.3 is 15.0 Å². The van der Waals surface area contributed by atoms with Crippen molar-refractivity contribution in [1.82, 2.24) is 24.9 Å². The summed E-state index contributed by atoms with van der Waals surface area (Å²) in [5.74, 6) is 1.90. The molecule has 0 bridgehead atoms. The van der Waals surface area contributed by atoms with Crippen molar-refractivity contribution in [3.8, 4) is 17.3 Å². The van der Waals surface area contributed by atoms with Crippen LogP contribution in [0.15, 0.2) is 24.7 Å². The molecular formula is C14H16N6O. The zero-order valence-electron chi connectivity index (χ0n) is 11.9. The first-order chi connectivity index (χ1) is 10.3. The van der Waals surface area contributed by atoms with E-state index in [9.17, 15) is 0 Å². The quantitative estimate of drug-likeness (QED) is 0.747. The Bertz CT molecular complexity index is 737. The molecule has 0 fully saturated rings. The maximum Gasteiger partial charge on any atom is 0.212 e. The number of hydrogen-bond acceptors (Lipinski definition) is 6. The van der Waals surface area contributed by atoms with Crippen LogP contribution in [0, 0.1) is 0 Å². The van der Waals surface area contributed by atoms with Crippen molar-refractivity contribution in [2.24, 2.45) is 0 Å². The van der Waals surface area contributed by atoms with Gasteiger partial charge in [0, 0.05) is 24.4 Å². The van der Waals surface area contributed by atoms with Gasteiger partial charge in [0.05, 0.1) is 13.4 Å². The van der Waals surface area contributed by atoms with E-state index in [1.54, 1.807) is 25.7 Å². The summed E-state index contributed by atoms with van der Waals surface area (Å²) in [6, 6.07) is 3.66. The van der Waals surface area contributed by atoms with Gasteiger partial charge in [-0.15, -0.1) is 0 Å². The minimum atomic E-state index is 0.559. The first-order valence-corrected chi connectivity index (χ1v) is 6.77. The van der Waals surface area contributed by atoms with Crippen molar-refractivity contribution in [3.05, 3.63) is 24.7 Å². The molecule has 0 aliphatic carbocycles. The Hall–Kier alpha value is -2.70. The van der Waals surface area contributed by atoms with Crippen molar-refractivity contribution in [2.45, 2.75) is 13.3 Å². The molecule has 7 heteroatoms. The number of hydrogen-bond donors (Lipinski definition) is 2. The van der Waals surface area contributed by atoms with Gasteiger partial charge in [0.25, 0.3) is 0 Å². The van der Waals surface area contributed by atoms with Crippen LogP contribution in [-0.2, 0) is 0 Å². The normalized spacial score (nSPS) is 10.8. The van der Waals surface area contributed by atoms with Gasteiger partial charge in [-0.05, 0) is 12.5 Å². The van der Waals surface area contributed by atoms with Crippen LogP contribution in [-0.4, -0.2) is 38.6 Å². The minimum Gasteiger partial charge on any atom is -0.481 e. The third-order valence-electron chi connectivity index (χ3n) is 3.03. The smallest absolute Gasteiger partial charge is 0.212 e. The summed E-state index contributed by atoms with van der Waals surface area (Å²) >= 11 is 0. The van der Waals surface area contributed by atoms with Crippen molar-refractivity contribution >= 4 is 17.0 Å². The highest BCUT2D eigenvalue weighted by Crippen LogP contribution is 2.23. The number of rotatable bonds is 5. The third-order valence-corrected chi connectivity index (χ3v) is 3.03. The first-order valence-electron chi connectivity index (χ1n) is 6.77. The van der Waals surface area contributed by atoms with Crippen LogP contribution < -0.4 is 10.1 Å². The van der Waals surface area contributed by atoms with Gasteiger partial charge in [0.2, 0.25) is 5.88 Å². The molecule has 0 saturated heterocycles. The number of aromatic nitrogens is 5. The third kappa shape index (κ3) is 2.62. The van der Waals surface area contributed by atoms with E-state index in [1.807, 2.05) is 6.07 Å². The molecule has 3 aromatic heterocycles. The molecule has 0 unspecified atom stereocenters. The summed E-state index contributed by atoms with van der Waals surface area (Å²) in [6.07, 6.45) is 4.32. The number of nitrogens with zero attached hydrogens (tertiary/aromatic N) is 4. The van der Waals surface area contributed by atoms with E-state index < -0.39 is 0 Å². The molecule has 7 nitrogen and oxygen atoms in total. The van der Waals surface area contributed by atoms with E-state index in [4.69, 9.17) is 4.74 Å². The summed E-state index contributed by atoms with van der Waals surface area (Å²) in [5, 5.41) is 3.29. The van der Waals surface area contributed by atoms with Crippen LogP contribution in [0.3, 0.4) is 0 Å². The van der Waals surface area contributed by atoms with E-state index >= 15 is 0 Å². The molecule has 2 N–H and O–H groups in total. The lowest BCUT2D eigenvalue weighted by Gasteiger charge is -2.07. The highest BCUT2D eigenvalue weighted by Gasteiger charge is 2.11. The van der Waals surface area contributed by atoms with E-state index in [1.165, 1.54) is 0 Å². The van der Waals surface area contributed by atoms with Crippen molar-refractivity contribution in [2.75, 3.05) is 19.0 Å². The van der Waals surface area contributed by atoms with Crippen molar-refractivity contribution in [3.63, 3.8) is 0 Å². The molecule has 0 aromatic carbocycles. The highest BCUT2D eigenvalue weighted by molar-refractivity contribution is 5.84. The lowest BCUT2D eigenvalue weighted by Crippen LogP contribution is -2.04. The average Bonchev–Trinajstić information content (AvgIpc) is 3.01. The lowest BCUT2D eigenvalue weighted by atomic mass is 10.2. The van der Waals surface area contributed by atoms with Crippen molar-refractivity contribution in [1.29, 1.82) is 0 Å². The van der Waals surface area contributed by atoms with Gasteiger partial charge in [-0.3, -0.25) is 0 Å². The van der Waals surface area contributed by atoms with Crippen molar-refractivity contribution < 1.29 is 4.74 Å². The maximum atomic E-state index is 5.06. The van der Waals surface area contributed by atoms with Crippen LogP contribution in [0.25, 0.3) is 22.6 Å². The Balaban J connectivity index is 2.04. The number of nitrogens with one attached hydrogen (secondary N) is 2. The molecule has 0 saturated carbocycles. The number of aromatic amines is 1. The molecule has 0 aliphatic rings. The molecule has 0 amide bonds. The SMILES string of the molecule is CCCNc1nc(-c2ccc(OC)nc2)nc2nc[nH]c12. The van der Waals surface area contributed by atoms with Gasteiger partial charge in [-0.25, -0.2) is 19.9 Å². The molecule has 0 atom stereocenters. The second-order valence-electron chi connectivity index (χ2n) is 4.51. The predicted molar refractivity (Wildman–Crippen MR) is 80.2 cm³/mol. The number of imidazole rings is 1.